The fourth-order valence-corrected chi connectivity index (χ4v) is 6.69. The van der Waals surface area contributed by atoms with E-state index in [4.69, 9.17) is 4.74 Å². The number of nitrogens with zero attached hydrogens (tertiary/aromatic N) is 5. The number of rotatable bonds is 16. The summed E-state index contributed by atoms with van der Waals surface area (Å²) >= 11 is 2.75. The van der Waals surface area contributed by atoms with Crippen LogP contribution in [0.2, 0.25) is 0 Å². The predicted molar refractivity (Wildman–Crippen MR) is 182 cm³/mol. The number of thiazole rings is 2. The summed E-state index contributed by atoms with van der Waals surface area (Å²) in [6, 6.07) is 14.1. The van der Waals surface area contributed by atoms with Crippen LogP contribution in [0.4, 0.5) is 26.3 Å². The lowest BCUT2D eigenvalue weighted by atomic mass is 10.2. The van der Waals surface area contributed by atoms with Gasteiger partial charge in [0.1, 0.15) is 6.29 Å². The van der Waals surface area contributed by atoms with Gasteiger partial charge in [0, 0.05) is 11.4 Å². The fraction of sp³-hybridized carbons (Fsp3) is 0.273. The summed E-state index contributed by atoms with van der Waals surface area (Å²) in [4.78, 5) is 34.1. The molecule has 5 aromatic rings. The van der Waals surface area contributed by atoms with Gasteiger partial charge in [0.25, 0.3) is 0 Å². The number of benzene rings is 2. The number of aliphatic hydroxyl groups excluding tert-OH is 1. The number of hydrogen-bond donors (Lipinski definition) is 3. The van der Waals surface area contributed by atoms with Gasteiger partial charge in [-0.3, -0.25) is 4.79 Å². The molecule has 2 aromatic carbocycles. The number of aromatic carboxylic acids is 1. The van der Waals surface area contributed by atoms with Crippen LogP contribution in [0.15, 0.2) is 54.6 Å². The van der Waals surface area contributed by atoms with Crippen molar-refractivity contribution in [2.45, 2.75) is 45.6 Å². The summed E-state index contributed by atoms with van der Waals surface area (Å²) in [5.41, 5.74) is 2.16. The van der Waals surface area contributed by atoms with Gasteiger partial charge in [0.15, 0.2) is 39.2 Å². The number of aliphatic hydroxyl groups is 1. The van der Waals surface area contributed by atoms with E-state index in [1.807, 2.05) is 42.2 Å². The number of aromatic nitrogens is 4. The summed E-state index contributed by atoms with van der Waals surface area (Å²) in [7, 11) is 0. The molecule has 47 heavy (non-hydrogen) atoms. The molecule has 244 valence electrons. The first kappa shape index (κ1) is 33.6. The Morgan fingerprint density at radius 3 is 2.68 bits per heavy atom. The molecule has 0 aliphatic carbocycles. The molecular formula is C33H33FN6O5S2. The van der Waals surface area contributed by atoms with Gasteiger partial charge in [-0.25, -0.2) is 19.2 Å². The van der Waals surface area contributed by atoms with Gasteiger partial charge in [-0.15, -0.1) is 21.5 Å². The molecule has 14 heteroatoms. The number of carbonyl (C=O) groups is 2. The third-order valence-corrected chi connectivity index (χ3v) is 9.11. The highest BCUT2D eigenvalue weighted by Crippen LogP contribution is 2.34. The number of ether oxygens (including phenoxy) is 1. The maximum absolute atomic E-state index is 14.4. The fourth-order valence-electron chi connectivity index (χ4n) is 4.70. The molecular weight excluding hydrogens is 644 g/mol. The Morgan fingerprint density at radius 1 is 1.13 bits per heavy atom. The quantitative estimate of drug-likeness (QED) is 0.0566. The zero-order chi connectivity index (χ0) is 33.3. The normalized spacial score (nSPS) is 12.0. The Hall–Kier alpha value is -4.79. The van der Waals surface area contributed by atoms with Gasteiger partial charge < -0.3 is 25.2 Å². The highest BCUT2D eigenvalue weighted by Gasteiger charge is 2.23. The van der Waals surface area contributed by atoms with E-state index >= 15 is 0 Å². The number of nitrogens with one attached hydrogen (secondary N) is 1. The number of anilines is 4. The van der Waals surface area contributed by atoms with E-state index in [9.17, 15) is 24.2 Å². The highest BCUT2D eigenvalue weighted by atomic mass is 32.1. The van der Waals surface area contributed by atoms with Gasteiger partial charge >= 0.3 is 5.97 Å². The second-order valence-corrected chi connectivity index (χ2v) is 12.8. The molecule has 0 saturated heterocycles. The zero-order valence-corrected chi connectivity index (χ0v) is 27.4. The van der Waals surface area contributed by atoms with Crippen molar-refractivity contribution >= 4 is 73.1 Å². The second-order valence-electron chi connectivity index (χ2n) is 10.7. The summed E-state index contributed by atoms with van der Waals surface area (Å²) in [5, 5.41) is 33.1. The Labute approximate surface area is 278 Å². The first-order chi connectivity index (χ1) is 22.7. The van der Waals surface area contributed by atoms with Crippen LogP contribution in [0.5, 0.6) is 5.75 Å². The molecule has 3 aromatic heterocycles. The van der Waals surface area contributed by atoms with Gasteiger partial charge in [-0.1, -0.05) is 35.6 Å². The molecule has 1 unspecified atom stereocenters. The number of para-hydroxylation sites is 1. The molecule has 0 aliphatic heterocycles. The number of halogens is 1. The van der Waals surface area contributed by atoms with Crippen LogP contribution in [-0.2, 0) is 11.2 Å². The van der Waals surface area contributed by atoms with Crippen LogP contribution in [0, 0.1) is 12.7 Å². The van der Waals surface area contributed by atoms with Gasteiger partial charge in [-0.2, -0.15) is 0 Å². The summed E-state index contributed by atoms with van der Waals surface area (Å²) in [6.45, 7) is 4.19. The van der Waals surface area contributed by atoms with Crippen molar-refractivity contribution in [3.05, 3.63) is 82.1 Å². The van der Waals surface area contributed by atoms with Crippen LogP contribution in [-0.4, -0.2) is 61.9 Å². The topological polar surface area (TPSA) is 151 Å². The van der Waals surface area contributed by atoms with E-state index in [0.717, 1.165) is 15.8 Å². The number of carbonyl (C=O) groups excluding carboxylic acids is 1. The van der Waals surface area contributed by atoms with Crippen LogP contribution in [0.25, 0.3) is 16.3 Å². The minimum Gasteiger partial charge on any atom is -0.491 e. The highest BCUT2D eigenvalue weighted by molar-refractivity contribution is 7.22. The van der Waals surface area contributed by atoms with Crippen molar-refractivity contribution in [2.75, 3.05) is 23.4 Å². The monoisotopic (exact) mass is 676 g/mol. The minimum atomic E-state index is -1.16. The lowest BCUT2D eigenvalue weighted by Crippen LogP contribution is -2.21. The van der Waals surface area contributed by atoms with Crippen LogP contribution >= 0.6 is 22.7 Å². The Morgan fingerprint density at radius 2 is 1.96 bits per heavy atom. The molecule has 3 N–H and O–H groups in total. The molecule has 0 saturated carbocycles. The molecule has 0 spiro atoms. The molecule has 3 heterocycles. The van der Waals surface area contributed by atoms with E-state index in [2.05, 4.69) is 25.5 Å². The summed E-state index contributed by atoms with van der Waals surface area (Å²) < 4.78 is 21.1. The molecule has 0 fully saturated rings. The van der Waals surface area contributed by atoms with Crippen molar-refractivity contribution in [3.63, 3.8) is 0 Å². The van der Waals surface area contributed by atoms with E-state index in [0.29, 0.717) is 70.9 Å². The van der Waals surface area contributed by atoms with Crippen molar-refractivity contribution in [3.8, 4) is 5.75 Å². The Bertz CT molecular complexity index is 1860. The van der Waals surface area contributed by atoms with E-state index in [1.54, 1.807) is 13.0 Å². The minimum absolute atomic E-state index is 0.0657. The Kier molecular flexibility index (Phi) is 11.2. The third kappa shape index (κ3) is 8.73. The third-order valence-electron chi connectivity index (χ3n) is 7.02. The average Bonchev–Trinajstić information content (AvgIpc) is 3.66. The molecule has 0 radical (unpaired) electrons. The number of aryl methyl sites for hydroxylation is 2. The molecule has 11 nitrogen and oxygen atoms in total. The number of allylic oxidation sites excluding steroid dienone is 1. The SMILES string of the molecule is Cc1cc(N(CCCC(C)O)c2nc(C(=O)O)c(CCCOc3ccc(/C=C/C=O)cc3F)s2)nnc1Nc1nc2ccccc2s1. The molecule has 5 rings (SSSR count). The van der Waals surface area contributed by atoms with Gasteiger partial charge in [0.05, 0.1) is 22.9 Å². The van der Waals surface area contributed by atoms with Gasteiger partial charge in [-0.05, 0) is 87.1 Å². The maximum Gasteiger partial charge on any atom is 0.355 e. The average molecular weight is 677 g/mol. The summed E-state index contributed by atoms with van der Waals surface area (Å²) in [5.74, 6) is -0.613. The van der Waals surface area contributed by atoms with Crippen LogP contribution in [0.1, 0.15) is 52.7 Å². The molecule has 0 amide bonds. The molecule has 1 atom stereocenters. The first-order valence-electron chi connectivity index (χ1n) is 14.9. The first-order valence-corrected chi connectivity index (χ1v) is 16.5. The number of carboxylic acid groups (broad SMARTS) is 1. The van der Waals surface area contributed by atoms with E-state index in [1.165, 1.54) is 47.0 Å². The van der Waals surface area contributed by atoms with E-state index in [-0.39, 0.29) is 18.1 Å². The smallest absolute Gasteiger partial charge is 0.355 e. The lowest BCUT2D eigenvalue weighted by Gasteiger charge is -2.21. The van der Waals surface area contributed by atoms with Crippen LogP contribution in [0.3, 0.4) is 0 Å². The number of carboxylic acids is 1. The van der Waals surface area contributed by atoms with Crippen molar-refractivity contribution < 1.29 is 28.9 Å². The van der Waals surface area contributed by atoms with E-state index < -0.39 is 17.9 Å². The summed E-state index contributed by atoms with van der Waals surface area (Å²) in [6.07, 6.45) is 4.78. The second kappa shape index (κ2) is 15.7. The molecule has 0 bridgehead atoms. The standard InChI is InChI=1S/C33H33FN6O5S2/c1-20-18-28(38-39-30(20)37-32-35-24-10-3-4-11-26(24)46-32)40(15-5-8-21(2)42)33-36-29(31(43)44)27(47-33)12-7-17-45-25-14-13-22(9-6-16-41)19-23(25)34/h3-4,6,9-11,13-14,16,18-19,21,42H,5,7-8,12,15,17H2,1-2H3,(H,43,44)(H,35,37,39)/b9-6+. The van der Waals surface area contributed by atoms with Crippen molar-refractivity contribution in [1.82, 2.24) is 20.2 Å². The van der Waals surface area contributed by atoms with Crippen molar-refractivity contribution in [1.29, 1.82) is 0 Å². The number of hydrogen-bond acceptors (Lipinski definition) is 12. The van der Waals surface area contributed by atoms with Crippen molar-refractivity contribution in [2.24, 2.45) is 0 Å². The molecule has 0 aliphatic rings. The van der Waals surface area contributed by atoms with Crippen LogP contribution < -0.4 is 15.0 Å². The number of aldehydes is 1. The number of fused-ring (bicyclic) bond motifs is 1. The maximum atomic E-state index is 14.4. The Balaban J connectivity index is 1.32. The predicted octanol–water partition coefficient (Wildman–Crippen LogP) is 6.95. The largest absolute Gasteiger partial charge is 0.491 e. The lowest BCUT2D eigenvalue weighted by molar-refractivity contribution is -0.104. The zero-order valence-electron chi connectivity index (χ0n) is 25.7. The van der Waals surface area contributed by atoms with Gasteiger partial charge in [0.2, 0.25) is 0 Å².